The van der Waals surface area contributed by atoms with Gasteiger partial charge >= 0.3 is 0 Å². The molecule has 2 heterocycles. The van der Waals surface area contributed by atoms with Gasteiger partial charge in [-0.3, -0.25) is 4.79 Å². The molecule has 1 aliphatic rings. The van der Waals surface area contributed by atoms with Gasteiger partial charge in [-0.05, 0) is 45.2 Å². The van der Waals surface area contributed by atoms with Crippen molar-refractivity contribution in [2.24, 2.45) is 0 Å². The Bertz CT molecular complexity index is 832. The third kappa shape index (κ3) is 6.66. The summed E-state index contributed by atoms with van der Waals surface area (Å²) >= 11 is 0. The molecule has 1 amide bonds. The number of sulfonamides is 1. The molecule has 160 valence electrons. The van der Waals surface area contributed by atoms with E-state index in [0.717, 1.165) is 12.8 Å². The number of amides is 1. The van der Waals surface area contributed by atoms with Crippen LogP contribution in [-0.4, -0.2) is 62.0 Å². The summed E-state index contributed by atoms with van der Waals surface area (Å²) in [6.45, 7) is 7.44. The van der Waals surface area contributed by atoms with Gasteiger partial charge in [-0.1, -0.05) is 6.92 Å². The summed E-state index contributed by atoms with van der Waals surface area (Å²) in [5.41, 5.74) is -0.410. The van der Waals surface area contributed by atoms with Crippen LogP contribution in [0.1, 0.15) is 40.0 Å². The van der Waals surface area contributed by atoms with Crippen LogP contribution in [-0.2, 0) is 14.8 Å². The number of nitrogens with zero attached hydrogens (tertiary/aromatic N) is 3. The van der Waals surface area contributed by atoms with Crippen molar-refractivity contribution < 1.29 is 13.2 Å². The molecule has 0 bridgehead atoms. The molecule has 0 saturated carbocycles. The van der Waals surface area contributed by atoms with Crippen LogP contribution in [0.15, 0.2) is 23.2 Å². The SMILES string of the molecule is CCCNS(=O)(=O)c1ccc(NCC(C)(C)NCC(=O)N2CCC[C@H]2C#N)nc1. The highest BCUT2D eigenvalue weighted by atomic mass is 32.2. The van der Waals surface area contributed by atoms with Gasteiger partial charge in [-0.25, -0.2) is 18.1 Å². The van der Waals surface area contributed by atoms with Crippen molar-refractivity contribution in [2.45, 2.75) is 56.5 Å². The van der Waals surface area contributed by atoms with Gasteiger partial charge in [0.1, 0.15) is 16.8 Å². The summed E-state index contributed by atoms with van der Waals surface area (Å²) in [5, 5.41) is 15.5. The zero-order valence-electron chi connectivity index (χ0n) is 17.2. The first-order valence-corrected chi connectivity index (χ1v) is 11.3. The molecule has 1 saturated heterocycles. The summed E-state index contributed by atoms with van der Waals surface area (Å²) in [7, 11) is -3.53. The van der Waals surface area contributed by atoms with Crippen molar-refractivity contribution in [3.8, 4) is 6.07 Å². The lowest BCUT2D eigenvalue weighted by molar-refractivity contribution is -0.130. The second-order valence-electron chi connectivity index (χ2n) is 7.74. The first-order valence-electron chi connectivity index (χ1n) is 9.82. The first-order chi connectivity index (χ1) is 13.7. The van der Waals surface area contributed by atoms with Crippen molar-refractivity contribution in [3.63, 3.8) is 0 Å². The van der Waals surface area contributed by atoms with E-state index in [1.165, 1.54) is 12.3 Å². The molecule has 9 nitrogen and oxygen atoms in total. The highest BCUT2D eigenvalue weighted by Crippen LogP contribution is 2.16. The number of aromatic nitrogens is 1. The summed E-state index contributed by atoms with van der Waals surface area (Å²) in [6.07, 6.45) is 3.63. The highest BCUT2D eigenvalue weighted by Gasteiger charge is 2.29. The summed E-state index contributed by atoms with van der Waals surface area (Å²) in [6, 6.07) is 4.97. The van der Waals surface area contributed by atoms with Crippen molar-refractivity contribution >= 4 is 21.7 Å². The minimum Gasteiger partial charge on any atom is -0.368 e. The van der Waals surface area contributed by atoms with E-state index in [1.807, 2.05) is 20.8 Å². The number of nitriles is 1. The number of rotatable bonds is 10. The molecule has 1 fully saturated rings. The quantitative estimate of drug-likeness (QED) is 0.514. The number of hydrogen-bond acceptors (Lipinski definition) is 7. The number of pyridine rings is 1. The molecule has 0 aromatic carbocycles. The van der Waals surface area contributed by atoms with Crippen molar-refractivity contribution in [2.75, 3.05) is 31.5 Å². The van der Waals surface area contributed by atoms with E-state index >= 15 is 0 Å². The average Bonchev–Trinajstić information content (AvgIpc) is 3.18. The average molecular weight is 423 g/mol. The van der Waals surface area contributed by atoms with Gasteiger partial charge in [0, 0.05) is 31.4 Å². The van der Waals surface area contributed by atoms with Crippen LogP contribution in [0.4, 0.5) is 5.82 Å². The maximum absolute atomic E-state index is 12.4. The van der Waals surface area contributed by atoms with E-state index in [0.29, 0.717) is 31.9 Å². The van der Waals surface area contributed by atoms with Crippen LogP contribution in [0, 0.1) is 11.3 Å². The predicted octanol–water partition coefficient (Wildman–Crippen LogP) is 1.06. The first kappa shape index (κ1) is 23.1. The molecule has 1 aromatic rings. The third-order valence-electron chi connectivity index (χ3n) is 4.74. The number of hydrogen-bond donors (Lipinski definition) is 3. The molecule has 10 heteroatoms. The topological polar surface area (TPSA) is 127 Å². The van der Waals surface area contributed by atoms with Crippen molar-refractivity contribution in [1.82, 2.24) is 19.9 Å². The van der Waals surface area contributed by atoms with Gasteiger partial charge in [0.25, 0.3) is 0 Å². The molecular formula is C19H30N6O3S. The lowest BCUT2D eigenvalue weighted by Gasteiger charge is -2.28. The molecule has 0 radical (unpaired) electrons. The second kappa shape index (κ2) is 10.0. The van der Waals surface area contributed by atoms with E-state index in [2.05, 4.69) is 26.4 Å². The van der Waals surface area contributed by atoms with Gasteiger partial charge in [-0.2, -0.15) is 5.26 Å². The van der Waals surface area contributed by atoms with Crippen LogP contribution in [0.25, 0.3) is 0 Å². The molecule has 0 unspecified atom stereocenters. The Morgan fingerprint density at radius 3 is 2.79 bits per heavy atom. The summed E-state index contributed by atoms with van der Waals surface area (Å²) < 4.78 is 26.7. The Kier molecular flexibility index (Phi) is 7.96. The summed E-state index contributed by atoms with van der Waals surface area (Å²) in [5.74, 6) is 0.471. The minimum atomic E-state index is -3.53. The Labute approximate surface area is 172 Å². The second-order valence-corrected chi connectivity index (χ2v) is 9.51. The van der Waals surface area contributed by atoms with Crippen LogP contribution >= 0.6 is 0 Å². The molecule has 29 heavy (non-hydrogen) atoms. The van der Waals surface area contributed by atoms with Gasteiger partial charge in [0.15, 0.2) is 0 Å². The molecule has 0 spiro atoms. The van der Waals surface area contributed by atoms with E-state index in [1.54, 1.807) is 11.0 Å². The normalized spacial score (nSPS) is 17.2. The smallest absolute Gasteiger partial charge is 0.242 e. The maximum Gasteiger partial charge on any atom is 0.242 e. The monoisotopic (exact) mass is 422 g/mol. The summed E-state index contributed by atoms with van der Waals surface area (Å²) in [4.78, 5) is 18.3. The van der Waals surface area contributed by atoms with E-state index in [9.17, 15) is 13.2 Å². The predicted molar refractivity (Wildman–Crippen MR) is 111 cm³/mol. The van der Waals surface area contributed by atoms with Crippen molar-refractivity contribution in [3.05, 3.63) is 18.3 Å². The van der Waals surface area contributed by atoms with Gasteiger partial charge in [0.05, 0.1) is 12.6 Å². The fourth-order valence-corrected chi connectivity index (χ4v) is 4.03. The molecule has 3 N–H and O–H groups in total. The number of carbonyl (C=O) groups is 1. The zero-order chi connectivity index (χ0) is 21.5. The van der Waals surface area contributed by atoms with Gasteiger partial charge < -0.3 is 15.5 Å². The van der Waals surface area contributed by atoms with Crippen LogP contribution in [0.3, 0.4) is 0 Å². The van der Waals surface area contributed by atoms with E-state index in [-0.39, 0.29) is 23.4 Å². The molecule has 2 rings (SSSR count). The fourth-order valence-electron chi connectivity index (χ4n) is 2.95. The fraction of sp³-hybridized carbons (Fsp3) is 0.632. The lowest BCUT2D eigenvalue weighted by atomic mass is 10.1. The van der Waals surface area contributed by atoms with Crippen LogP contribution < -0.4 is 15.4 Å². The number of anilines is 1. The molecule has 1 aromatic heterocycles. The minimum absolute atomic E-state index is 0.0746. The van der Waals surface area contributed by atoms with Crippen molar-refractivity contribution in [1.29, 1.82) is 5.26 Å². The molecule has 1 atom stereocenters. The third-order valence-corrected chi connectivity index (χ3v) is 6.19. The number of nitrogens with one attached hydrogen (secondary N) is 3. The van der Waals surface area contributed by atoms with Crippen LogP contribution in [0.2, 0.25) is 0 Å². The van der Waals surface area contributed by atoms with E-state index in [4.69, 9.17) is 5.26 Å². The van der Waals surface area contributed by atoms with Gasteiger partial charge in [0.2, 0.25) is 15.9 Å². The zero-order valence-corrected chi connectivity index (χ0v) is 18.1. The van der Waals surface area contributed by atoms with Crippen LogP contribution in [0.5, 0.6) is 0 Å². The standard InChI is InChI=1S/C19H30N6O3S/c1-4-9-24-29(27,28)16-7-8-17(21-12-16)22-14-19(2,3)23-13-18(26)25-10-5-6-15(25)11-20/h7-8,12,15,23-24H,4-6,9-10,13-14H2,1-3H3,(H,21,22)/t15-/m0/s1. The molecule has 0 aliphatic carbocycles. The van der Waals surface area contributed by atoms with Gasteiger partial charge in [-0.15, -0.1) is 0 Å². The van der Waals surface area contributed by atoms with E-state index < -0.39 is 15.6 Å². The Morgan fingerprint density at radius 1 is 1.41 bits per heavy atom. The number of carbonyl (C=O) groups excluding carboxylic acids is 1. The Hall–Kier alpha value is -2.22. The molecular weight excluding hydrogens is 392 g/mol. The molecule has 1 aliphatic heterocycles. The Morgan fingerprint density at radius 2 is 2.17 bits per heavy atom. The maximum atomic E-state index is 12.4. The Balaban J connectivity index is 1.85. The largest absolute Gasteiger partial charge is 0.368 e. The highest BCUT2D eigenvalue weighted by molar-refractivity contribution is 7.89. The number of likely N-dealkylation sites (tertiary alicyclic amines) is 1. The lowest BCUT2D eigenvalue weighted by Crippen LogP contribution is -2.50.